The van der Waals surface area contributed by atoms with Crippen LogP contribution in [-0.2, 0) is 9.53 Å². The molecule has 3 aromatic rings. The quantitative estimate of drug-likeness (QED) is 0.446. The molecule has 2 amide bonds. The van der Waals surface area contributed by atoms with Gasteiger partial charge in [0.1, 0.15) is 11.3 Å². The van der Waals surface area contributed by atoms with E-state index in [9.17, 15) is 19.2 Å². The molecule has 0 radical (unpaired) electrons. The van der Waals surface area contributed by atoms with Crippen molar-refractivity contribution in [1.29, 1.82) is 0 Å². The first-order chi connectivity index (χ1) is 16.5. The van der Waals surface area contributed by atoms with Gasteiger partial charge in [0, 0.05) is 18.3 Å². The molecule has 1 aliphatic carbocycles. The van der Waals surface area contributed by atoms with Crippen molar-refractivity contribution >= 4 is 18.3 Å². The highest BCUT2D eigenvalue weighted by atomic mass is 16.5. The molecule has 0 aliphatic heterocycles. The number of H-pyrrole nitrogens is 1. The smallest absolute Gasteiger partial charge is 0.293 e. The Morgan fingerprint density at radius 3 is 2.06 bits per heavy atom. The number of benzene rings is 2. The van der Waals surface area contributed by atoms with Crippen molar-refractivity contribution in [1.82, 2.24) is 15.6 Å². The number of pyridine rings is 1. The average Bonchev–Trinajstić information content (AvgIpc) is 3.68. The van der Waals surface area contributed by atoms with Crippen LogP contribution < -0.4 is 16.1 Å². The van der Waals surface area contributed by atoms with E-state index < -0.39 is 17.4 Å². The Morgan fingerprint density at radius 2 is 1.62 bits per heavy atom. The van der Waals surface area contributed by atoms with Crippen LogP contribution in [0.1, 0.15) is 57.8 Å². The predicted octanol–water partition coefficient (Wildman–Crippen LogP) is 2.97. The SMILES string of the molecule is CCOC=O.O=C(NC1CC1)c1cc(=O)c(C(=O)NC(c2ccccc2)c2ccccc2)c[nH]1. The van der Waals surface area contributed by atoms with Gasteiger partial charge in [0.05, 0.1) is 12.6 Å². The molecule has 176 valence electrons. The molecule has 34 heavy (non-hydrogen) atoms. The zero-order chi connectivity index (χ0) is 24.3. The number of carbonyl (C=O) groups excluding carboxylic acids is 3. The third-order valence-corrected chi connectivity index (χ3v) is 5.09. The van der Waals surface area contributed by atoms with Gasteiger partial charge in [0.2, 0.25) is 0 Å². The molecule has 8 nitrogen and oxygen atoms in total. The van der Waals surface area contributed by atoms with E-state index in [1.165, 1.54) is 12.3 Å². The van der Waals surface area contributed by atoms with Gasteiger partial charge >= 0.3 is 0 Å². The van der Waals surface area contributed by atoms with Crippen molar-refractivity contribution in [3.8, 4) is 0 Å². The van der Waals surface area contributed by atoms with Gasteiger partial charge < -0.3 is 20.4 Å². The van der Waals surface area contributed by atoms with E-state index >= 15 is 0 Å². The molecule has 0 atom stereocenters. The predicted molar refractivity (Wildman–Crippen MR) is 127 cm³/mol. The molecule has 1 heterocycles. The van der Waals surface area contributed by atoms with Crippen LogP contribution in [0.5, 0.6) is 0 Å². The van der Waals surface area contributed by atoms with Crippen molar-refractivity contribution in [3.63, 3.8) is 0 Å². The van der Waals surface area contributed by atoms with Crippen LogP contribution in [0.15, 0.2) is 77.7 Å². The van der Waals surface area contributed by atoms with Crippen LogP contribution >= 0.6 is 0 Å². The molecule has 1 fully saturated rings. The first-order valence-electron chi connectivity index (χ1n) is 11.0. The van der Waals surface area contributed by atoms with Gasteiger partial charge in [-0.3, -0.25) is 19.2 Å². The lowest BCUT2D eigenvalue weighted by Gasteiger charge is -2.20. The lowest BCUT2D eigenvalue weighted by Crippen LogP contribution is -2.34. The minimum atomic E-state index is -0.502. The lowest BCUT2D eigenvalue weighted by atomic mass is 9.98. The molecule has 1 saturated carbocycles. The summed E-state index contributed by atoms with van der Waals surface area (Å²) in [5.41, 5.74) is 1.43. The van der Waals surface area contributed by atoms with Crippen LogP contribution in [0.4, 0.5) is 0 Å². The molecule has 0 spiro atoms. The van der Waals surface area contributed by atoms with Gasteiger partial charge in [-0.15, -0.1) is 0 Å². The second-order valence-electron chi connectivity index (χ2n) is 7.65. The summed E-state index contributed by atoms with van der Waals surface area (Å²) < 4.78 is 4.15. The van der Waals surface area contributed by atoms with E-state index in [2.05, 4.69) is 20.4 Å². The fourth-order valence-corrected chi connectivity index (χ4v) is 3.20. The summed E-state index contributed by atoms with van der Waals surface area (Å²) >= 11 is 0. The summed E-state index contributed by atoms with van der Waals surface area (Å²) in [5, 5.41) is 5.75. The number of ether oxygens (including phenoxy) is 1. The second-order valence-corrected chi connectivity index (χ2v) is 7.65. The van der Waals surface area contributed by atoms with E-state index in [-0.39, 0.29) is 23.2 Å². The summed E-state index contributed by atoms with van der Waals surface area (Å²) in [5.74, 6) is -0.832. The number of amides is 2. The molecule has 0 bridgehead atoms. The van der Waals surface area contributed by atoms with Crippen molar-refractivity contribution in [3.05, 3.63) is 106 Å². The molecule has 1 aromatic heterocycles. The number of hydrogen-bond acceptors (Lipinski definition) is 5. The standard InChI is InChI=1S/C23H21N3O3.C3H6O2/c27-20-13-19(23(29)25-17-11-12-17)24-14-18(20)22(28)26-21(15-7-3-1-4-8-15)16-9-5-2-6-10-16;1-2-5-3-4/h1-10,13-14,17,21H,11-12H2,(H,24,27)(H,25,29)(H,26,28);3H,2H2,1H3. The molecule has 3 N–H and O–H groups in total. The van der Waals surface area contributed by atoms with Crippen LogP contribution in [0, 0.1) is 0 Å². The Hall–Kier alpha value is -4.20. The maximum Gasteiger partial charge on any atom is 0.293 e. The zero-order valence-electron chi connectivity index (χ0n) is 18.8. The Bertz CT molecular complexity index is 1120. The van der Waals surface area contributed by atoms with Gasteiger partial charge in [0.25, 0.3) is 18.3 Å². The van der Waals surface area contributed by atoms with Gasteiger partial charge in [0.15, 0.2) is 5.43 Å². The zero-order valence-corrected chi connectivity index (χ0v) is 18.8. The van der Waals surface area contributed by atoms with E-state index in [0.717, 1.165) is 24.0 Å². The first-order valence-corrected chi connectivity index (χ1v) is 11.0. The summed E-state index contributed by atoms with van der Waals surface area (Å²) in [4.78, 5) is 49.4. The third-order valence-electron chi connectivity index (χ3n) is 5.09. The number of aromatic amines is 1. The average molecular weight is 462 g/mol. The molecule has 1 aliphatic rings. The lowest BCUT2D eigenvalue weighted by molar-refractivity contribution is -0.128. The normalized spacial score (nSPS) is 12.2. The highest BCUT2D eigenvalue weighted by Gasteiger charge is 2.25. The molecule has 0 unspecified atom stereocenters. The first kappa shape index (κ1) is 24.4. The minimum absolute atomic E-state index is 0.0372. The number of carbonyl (C=O) groups is 3. The van der Waals surface area contributed by atoms with Crippen molar-refractivity contribution in [2.75, 3.05) is 6.61 Å². The summed E-state index contributed by atoms with van der Waals surface area (Å²) in [7, 11) is 0. The van der Waals surface area contributed by atoms with Crippen LogP contribution in [0.2, 0.25) is 0 Å². The highest BCUT2D eigenvalue weighted by Crippen LogP contribution is 2.22. The fourth-order valence-electron chi connectivity index (χ4n) is 3.20. The van der Waals surface area contributed by atoms with Crippen LogP contribution in [-0.4, -0.2) is 35.9 Å². The Morgan fingerprint density at radius 1 is 1.03 bits per heavy atom. The summed E-state index contributed by atoms with van der Waals surface area (Å²) in [6.07, 6.45) is 3.21. The third kappa shape index (κ3) is 6.90. The molecule has 4 rings (SSSR count). The maximum atomic E-state index is 12.9. The molecule has 0 saturated heterocycles. The van der Waals surface area contributed by atoms with E-state index in [1.807, 2.05) is 60.7 Å². The Kier molecular flexibility index (Phi) is 8.73. The fraction of sp³-hybridized carbons (Fsp3) is 0.231. The Labute approximate surface area is 197 Å². The van der Waals surface area contributed by atoms with E-state index in [1.54, 1.807) is 6.92 Å². The minimum Gasteiger partial charge on any atom is -0.468 e. The van der Waals surface area contributed by atoms with Crippen molar-refractivity contribution in [2.45, 2.75) is 31.8 Å². The number of aromatic nitrogens is 1. The molecular weight excluding hydrogens is 434 g/mol. The van der Waals surface area contributed by atoms with Crippen LogP contribution in [0.3, 0.4) is 0 Å². The summed E-state index contributed by atoms with van der Waals surface area (Å²) in [6, 6.07) is 20.1. The topological polar surface area (TPSA) is 117 Å². The second kappa shape index (κ2) is 12.2. The van der Waals surface area contributed by atoms with Gasteiger partial charge in [-0.25, -0.2) is 0 Å². The van der Waals surface area contributed by atoms with Crippen molar-refractivity contribution < 1.29 is 19.1 Å². The van der Waals surface area contributed by atoms with Gasteiger partial charge in [-0.2, -0.15) is 0 Å². The van der Waals surface area contributed by atoms with Gasteiger partial charge in [-0.05, 0) is 30.9 Å². The number of hydrogen-bond donors (Lipinski definition) is 3. The van der Waals surface area contributed by atoms with E-state index in [4.69, 9.17) is 0 Å². The largest absolute Gasteiger partial charge is 0.468 e. The Balaban J connectivity index is 0.000000588. The molecular formula is C26H27N3O5. The van der Waals surface area contributed by atoms with Crippen molar-refractivity contribution in [2.24, 2.45) is 0 Å². The van der Waals surface area contributed by atoms with Gasteiger partial charge in [-0.1, -0.05) is 60.7 Å². The summed E-state index contributed by atoms with van der Waals surface area (Å²) in [6.45, 7) is 2.66. The molecule has 2 aromatic carbocycles. The van der Waals surface area contributed by atoms with E-state index in [0.29, 0.717) is 13.1 Å². The highest BCUT2D eigenvalue weighted by molar-refractivity contribution is 5.96. The molecule has 8 heteroatoms. The monoisotopic (exact) mass is 461 g/mol. The number of rotatable bonds is 8. The maximum absolute atomic E-state index is 12.9. The van der Waals surface area contributed by atoms with Crippen LogP contribution in [0.25, 0.3) is 0 Å². The number of nitrogens with one attached hydrogen (secondary N) is 3.